The summed E-state index contributed by atoms with van der Waals surface area (Å²) in [5, 5.41) is 3.86. The minimum absolute atomic E-state index is 0.362. The van der Waals surface area contributed by atoms with Gasteiger partial charge in [0.15, 0.2) is 0 Å². The molecular formula is C23H20BrN3O5S. The summed E-state index contributed by atoms with van der Waals surface area (Å²) in [6.07, 6.45) is 2.42. The standard InChI is InChI=1S/C23H20BrN3O5S/c1-33(30,31)27(20-11-9-19(24)10-12-20)16-22(28)26-25-15-17-7-13-21(14-8-17)32-23(29)18-5-3-2-4-6-18/h2-15H,16H2,1H3,(H,26,28)/b25-15-. The highest BCUT2D eigenvalue weighted by Crippen LogP contribution is 2.20. The lowest BCUT2D eigenvalue weighted by Gasteiger charge is -2.21. The van der Waals surface area contributed by atoms with Crippen molar-refractivity contribution in [3.8, 4) is 5.75 Å². The minimum Gasteiger partial charge on any atom is -0.423 e. The molecule has 0 saturated heterocycles. The molecule has 1 N–H and O–H groups in total. The van der Waals surface area contributed by atoms with Gasteiger partial charge in [0.1, 0.15) is 12.3 Å². The Morgan fingerprint density at radius 3 is 2.24 bits per heavy atom. The lowest BCUT2D eigenvalue weighted by molar-refractivity contribution is -0.119. The van der Waals surface area contributed by atoms with Crippen molar-refractivity contribution >= 4 is 49.7 Å². The highest BCUT2D eigenvalue weighted by molar-refractivity contribution is 9.10. The van der Waals surface area contributed by atoms with Gasteiger partial charge in [0.2, 0.25) is 10.0 Å². The van der Waals surface area contributed by atoms with Crippen molar-refractivity contribution in [3.63, 3.8) is 0 Å². The first-order chi connectivity index (χ1) is 15.7. The zero-order valence-corrected chi connectivity index (χ0v) is 19.9. The maximum Gasteiger partial charge on any atom is 0.343 e. The molecule has 0 aliphatic carbocycles. The summed E-state index contributed by atoms with van der Waals surface area (Å²) in [5.41, 5.74) is 3.76. The van der Waals surface area contributed by atoms with Crippen LogP contribution in [0.25, 0.3) is 0 Å². The van der Waals surface area contributed by atoms with Gasteiger partial charge in [0, 0.05) is 4.47 Å². The number of sulfonamides is 1. The SMILES string of the molecule is CS(=O)(=O)N(CC(=O)N/N=C\c1ccc(OC(=O)c2ccccc2)cc1)c1ccc(Br)cc1. The number of ether oxygens (including phenoxy) is 1. The smallest absolute Gasteiger partial charge is 0.343 e. The average Bonchev–Trinajstić information content (AvgIpc) is 2.79. The van der Waals surface area contributed by atoms with Crippen LogP contribution in [-0.4, -0.2) is 39.3 Å². The predicted octanol–water partition coefficient (Wildman–Crippen LogP) is 3.58. The van der Waals surface area contributed by atoms with E-state index in [0.717, 1.165) is 15.0 Å². The van der Waals surface area contributed by atoms with Crippen molar-refractivity contribution in [2.24, 2.45) is 5.10 Å². The van der Waals surface area contributed by atoms with Gasteiger partial charge < -0.3 is 4.74 Å². The molecule has 0 atom stereocenters. The normalized spacial score (nSPS) is 11.2. The highest BCUT2D eigenvalue weighted by atomic mass is 79.9. The molecule has 0 spiro atoms. The molecule has 8 nitrogen and oxygen atoms in total. The molecule has 0 aliphatic heterocycles. The number of hydrogen-bond donors (Lipinski definition) is 1. The summed E-state index contributed by atoms with van der Waals surface area (Å²) in [6, 6.07) is 21.7. The summed E-state index contributed by atoms with van der Waals surface area (Å²) in [5.74, 6) is -0.707. The molecule has 0 bridgehead atoms. The monoisotopic (exact) mass is 529 g/mol. The minimum atomic E-state index is -3.67. The fourth-order valence-corrected chi connectivity index (χ4v) is 3.83. The van der Waals surface area contributed by atoms with Crippen LogP contribution in [0, 0.1) is 0 Å². The van der Waals surface area contributed by atoms with Crippen molar-refractivity contribution in [2.75, 3.05) is 17.1 Å². The van der Waals surface area contributed by atoms with Crippen LogP contribution < -0.4 is 14.5 Å². The molecule has 1 amide bonds. The average molecular weight is 530 g/mol. The number of benzene rings is 3. The Hall–Kier alpha value is -3.50. The fourth-order valence-electron chi connectivity index (χ4n) is 2.71. The van der Waals surface area contributed by atoms with E-state index in [9.17, 15) is 18.0 Å². The third-order valence-electron chi connectivity index (χ3n) is 4.31. The third-order valence-corrected chi connectivity index (χ3v) is 5.97. The van der Waals surface area contributed by atoms with Crippen LogP contribution in [0.15, 0.2) is 88.4 Å². The van der Waals surface area contributed by atoms with Crippen molar-refractivity contribution < 1.29 is 22.7 Å². The number of rotatable bonds is 8. The molecule has 0 aromatic heterocycles. The number of nitrogens with zero attached hydrogens (tertiary/aromatic N) is 2. The Labute approximate surface area is 200 Å². The molecular weight excluding hydrogens is 510 g/mol. The molecule has 170 valence electrons. The van der Waals surface area contributed by atoms with Gasteiger partial charge in [-0.1, -0.05) is 34.1 Å². The van der Waals surface area contributed by atoms with Gasteiger partial charge in [-0.25, -0.2) is 18.6 Å². The van der Waals surface area contributed by atoms with Gasteiger partial charge in [-0.15, -0.1) is 0 Å². The number of hydrogen-bond acceptors (Lipinski definition) is 6. The van der Waals surface area contributed by atoms with E-state index < -0.39 is 28.4 Å². The van der Waals surface area contributed by atoms with E-state index in [4.69, 9.17) is 4.74 Å². The lowest BCUT2D eigenvalue weighted by Crippen LogP contribution is -2.38. The quantitative estimate of drug-likeness (QED) is 0.208. The molecule has 3 aromatic carbocycles. The Morgan fingerprint density at radius 2 is 1.64 bits per heavy atom. The van der Waals surface area contributed by atoms with E-state index in [1.165, 1.54) is 6.21 Å². The number of esters is 1. The van der Waals surface area contributed by atoms with Gasteiger partial charge in [-0.05, 0) is 66.2 Å². The molecule has 3 aromatic rings. The lowest BCUT2D eigenvalue weighted by atomic mass is 10.2. The Morgan fingerprint density at radius 1 is 1.00 bits per heavy atom. The Balaban J connectivity index is 1.57. The Kier molecular flexibility index (Phi) is 7.96. The molecule has 3 rings (SSSR count). The van der Waals surface area contributed by atoms with E-state index in [1.807, 2.05) is 6.07 Å². The number of nitrogens with one attached hydrogen (secondary N) is 1. The second-order valence-electron chi connectivity index (χ2n) is 6.86. The molecule has 0 unspecified atom stereocenters. The second kappa shape index (κ2) is 10.9. The van der Waals surface area contributed by atoms with E-state index >= 15 is 0 Å². The number of anilines is 1. The van der Waals surface area contributed by atoms with Crippen LogP contribution in [0.3, 0.4) is 0 Å². The first-order valence-corrected chi connectivity index (χ1v) is 12.3. The number of halogens is 1. The first-order valence-electron chi connectivity index (χ1n) is 9.65. The number of carbonyl (C=O) groups excluding carboxylic acids is 2. The Bertz CT molecular complexity index is 1250. The van der Waals surface area contributed by atoms with Crippen molar-refractivity contribution in [2.45, 2.75) is 0 Å². The summed E-state index contributed by atoms with van der Waals surface area (Å²) >= 11 is 3.29. The molecule has 0 fully saturated rings. The first kappa shape index (κ1) is 24.1. The highest BCUT2D eigenvalue weighted by Gasteiger charge is 2.20. The summed E-state index contributed by atoms with van der Waals surface area (Å²) in [7, 11) is -3.67. The topological polar surface area (TPSA) is 105 Å². The number of amides is 1. The summed E-state index contributed by atoms with van der Waals surface area (Å²) in [6.45, 7) is -0.424. The molecule has 0 aliphatic rings. The van der Waals surface area contributed by atoms with Gasteiger partial charge in [0.05, 0.1) is 23.7 Å². The zero-order chi connectivity index (χ0) is 23.8. The molecule has 10 heteroatoms. The summed E-state index contributed by atoms with van der Waals surface area (Å²) in [4.78, 5) is 24.3. The van der Waals surface area contributed by atoms with Crippen LogP contribution >= 0.6 is 15.9 Å². The molecule has 0 heterocycles. The van der Waals surface area contributed by atoms with Gasteiger partial charge in [-0.3, -0.25) is 9.10 Å². The molecule has 0 saturated carbocycles. The van der Waals surface area contributed by atoms with Crippen LogP contribution in [0.4, 0.5) is 5.69 Å². The van der Waals surface area contributed by atoms with Gasteiger partial charge in [0.25, 0.3) is 5.91 Å². The van der Waals surface area contributed by atoms with Crippen molar-refractivity contribution in [1.82, 2.24) is 5.43 Å². The molecule has 0 radical (unpaired) electrons. The maximum absolute atomic E-state index is 12.2. The second-order valence-corrected chi connectivity index (χ2v) is 9.69. The van der Waals surface area contributed by atoms with Crippen LogP contribution in [0.5, 0.6) is 5.75 Å². The zero-order valence-electron chi connectivity index (χ0n) is 17.5. The molecule has 33 heavy (non-hydrogen) atoms. The van der Waals surface area contributed by atoms with Crippen LogP contribution in [0.1, 0.15) is 15.9 Å². The van der Waals surface area contributed by atoms with E-state index in [-0.39, 0.29) is 0 Å². The van der Waals surface area contributed by atoms with E-state index in [0.29, 0.717) is 22.6 Å². The van der Waals surface area contributed by atoms with Crippen LogP contribution in [0.2, 0.25) is 0 Å². The number of carbonyl (C=O) groups is 2. The predicted molar refractivity (Wildman–Crippen MR) is 130 cm³/mol. The van der Waals surface area contributed by atoms with E-state index in [1.54, 1.807) is 72.8 Å². The maximum atomic E-state index is 12.2. The summed E-state index contributed by atoms with van der Waals surface area (Å²) < 4.78 is 31.3. The van der Waals surface area contributed by atoms with Crippen LogP contribution in [-0.2, 0) is 14.8 Å². The van der Waals surface area contributed by atoms with Crippen molar-refractivity contribution in [3.05, 3.63) is 94.5 Å². The van der Waals surface area contributed by atoms with E-state index in [2.05, 4.69) is 26.5 Å². The van der Waals surface area contributed by atoms with Crippen molar-refractivity contribution in [1.29, 1.82) is 0 Å². The fraction of sp³-hybridized carbons (Fsp3) is 0.0870. The largest absolute Gasteiger partial charge is 0.423 e. The van der Waals surface area contributed by atoms with Gasteiger partial charge >= 0.3 is 5.97 Å². The van der Waals surface area contributed by atoms with Gasteiger partial charge in [-0.2, -0.15) is 5.10 Å². The number of hydrazone groups is 1. The third kappa shape index (κ3) is 7.26.